The molecule has 1 aliphatic heterocycles. The van der Waals surface area contributed by atoms with Crippen molar-refractivity contribution in [1.29, 1.82) is 0 Å². The van der Waals surface area contributed by atoms with Gasteiger partial charge in [0.1, 0.15) is 5.82 Å². The molecule has 1 unspecified atom stereocenters. The third-order valence-corrected chi connectivity index (χ3v) is 4.79. The van der Waals surface area contributed by atoms with Crippen molar-refractivity contribution in [1.82, 2.24) is 10.2 Å². The number of alkyl halides is 2. The molecule has 7 heteroatoms. The summed E-state index contributed by atoms with van der Waals surface area (Å²) < 4.78 is 38.3. The molecule has 3 nitrogen and oxygen atoms in total. The van der Waals surface area contributed by atoms with Crippen LogP contribution in [0.2, 0.25) is 0 Å². The van der Waals surface area contributed by atoms with Crippen LogP contribution in [-0.4, -0.2) is 36.2 Å². The van der Waals surface area contributed by atoms with E-state index in [2.05, 4.69) is 5.32 Å². The maximum Gasteiger partial charge on any atom is 0.288 e. The Balaban J connectivity index is 1.81. The Bertz CT molecular complexity index is 739. The topological polar surface area (TPSA) is 32.3 Å². The van der Waals surface area contributed by atoms with Crippen LogP contribution in [0.3, 0.4) is 0 Å². The molecule has 3 rings (SSSR count). The second-order valence-electron chi connectivity index (χ2n) is 5.68. The zero-order chi connectivity index (χ0) is 17.8. The molecule has 0 radical (unpaired) electrons. The van der Waals surface area contributed by atoms with Gasteiger partial charge in [-0.25, -0.2) is 4.39 Å². The summed E-state index contributed by atoms with van der Waals surface area (Å²) in [7, 11) is 0. The number of carbonyl (C=O) groups is 1. The summed E-state index contributed by atoms with van der Waals surface area (Å²) in [5.74, 6) is -3.03. The highest BCUT2D eigenvalue weighted by Crippen LogP contribution is 2.27. The summed E-state index contributed by atoms with van der Waals surface area (Å²) in [5, 5.41) is 3.22. The molecule has 132 valence electrons. The van der Waals surface area contributed by atoms with Crippen molar-refractivity contribution >= 4 is 17.7 Å². The predicted octanol–water partition coefficient (Wildman–Crippen LogP) is 3.93. The minimum atomic E-state index is -2.49. The fraction of sp³-hybridized carbons (Fsp3) is 0.278. The van der Waals surface area contributed by atoms with Crippen LogP contribution in [0.15, 0.2) is 53.4 Å². The summed E-state index contributed by atoms with van der Waals surface area (Å²) >= 11 is 0.444. The molecule has 1 fully saturated rings. The molecule has 2 aromatic carbocycles. The number of rotatable bonds is 4. The van der Waals surface area contributed by atoms with Crippen molar-refractivity contribution in [3.8, 4) is 0 Å². The van der Waals surface area contributed by atoms with E-state index in [4.69, 9.17) is 0 Å². The largest absolute Gasteiger partial charge is 0.329 e. The van der Waals surface area contributed by atoms with Crippen molar-refractivity contribution < 1.29 is 18.0 Å². The third-order valence-electron chi connectivity index (χ3n) is 4.06. The van der Waals surface area contributed by atoms with Crippen LogP contribution < -0.4 is 5.32 Å². The van der Waals surface area contributed by atoms with Gasteiger partial charge in [0.05, 0.1) is 6.04 Å². The molecule has 0 saturated carbocycles. The fourth-order valence-corrected chi connectivity index (χ4v) is 3.40. The van der Waals surface area contributed by atoms with Gasteiger partial charge < -0.3 is 10.2 Å². The summed E-state index contributed by atoms with van der Waals surface area (Å²) in [4.78, 5) is 15.0. The minimum absolute atomic E-state index is 0.190. The van der Waals surface area contributed by atoms with Gasteiger partial charge in [-0.3, -0.25) is 4.79 Å². The first-order valence-corrected chi connectivity index (χ1v) is 8.74. The van der Waals surface area contributed by atoms with E-state index in [1.807, 2.05) is 0 Å². The smallest absolute Gasteiger partial charge is 0.288 e. The van der Waals surface area contributed by atoms with Gasteiger partial charge in [0.2, 0.25) is 0 Å². The molecule has 0 spiro atoms. The number of amides is 1. The molecule has 1 saturated heterocycles. The van der Waals surface area contributed by atoms with Crippen LogP contribution in [0.25, 0.3) is 0 Å². The molecule has 1 atom stereocenters. The zero-order valence-corrected chi connectivity index (χ0v) is 14.1. The van der Waals surface area contributed by atoms with Gasteiger partial charge in [-0.1, -0.05) is 23.9 Å². The van der Waals surface area contributed by atoms with Crippen molar-refractivity contribution in [3.63, 3.8) is 0 Å². The number of nitrogens with zero attached hydrogens (tertiary/aromatic N) is 1. The molecule has 1 N–H and O–H groups in total. The lowest BCUT2D eigenvalue weighted by Crippen LogP contribution is -2.48. The van der Waals surface area contributed by atoms with E-state index in [0.717, 1.165) is 5.56 Å². The Labute approximate surface area is 148 Å². The van der Waals surface area contributed by atoms with E-state index in [-0.39, 0.29) is 17.8 Å². The average molecular weight is 366 g/mol. The number of hydrogen-bond donors (Lipinski definition) is 1. The molecule has 1 heterocycles. The van der Waals surface area contributed by atoms with E-state index in [9.17, 15) is 18.0 Å². The summed E-state index contributed by atoms with van der Waals surface area (Å²) in [6.45, 7) is 1.68. The second-order valence-corrected chi connectivity index (χ2v) is 6.74. The van der Waals surface area contributed by atoms with Crippen molar-refractivity contribution in [2.75, 3.05) is 19.6 Å². The van der Waals surface area contributed by atoms with E-state index in [0.29, 0.717) is 41.9 Å². The van der Waals surface area contributed by atoms with Crippen molar-refractivity contribution in [2.45, 2.75) is 16.7 Å². The highest BCUT2D eigenvalue weighted by molar-refractivity contribution is 7.99. The number of hydrogen-bond acceptors (Lipinski definition) is 3. The van der Waals surface area contributed by atoms with Gasteiger partial charge in [-0.2, -0.15) is 8.78 Å². The molecule has 0 aromatic heterocycles. The number of nitrogens with one attached hydrogen (secondary N) is 1. The van der Waals surface area contributed by atoms with Crippen LogP contribution in [0, 0.1) is 5.82 Å². The molecular formula is C18H17F3N2OS. The van der Waals surface area contributed by atoms with E-state index < -0.39 is 5.76 Å². The first-order valence-electron chi connectivity index (χ1n) is 7.86. The molecule has 0 aliphatic carbocycles. The minimum Gasteiger partial charge on any atom is -0.329 e. The van der Waals surface area contributed by atoms with Gasteiger partial charge in [0, 0.05) is 30.1 Å². The lowest BCUT2D eigenvalue weighted by molar-refractivity contribution is 0.0634. The number of benzene rings is 2. The highest BCUT2D eigenvalue weighted by atomic mass is 32.2. The van der Waals surface area contributed by atoms with Crippen LogP contribution >= 0.6 is 11.8 Å². The number of piperazine rings is 1. The quantitative estimate of drug-likeness (QED) is 0.833. The zero-order valence-electron chi connectivity index (χ0n) is 13.3. The average Bonchev–Trinajstić information content (AvgIpc) is 2.61. The summed E-state index contributed by atoms with van der Waals surface area (Å²) in [5.41, 5.74) is 1.16. The fourth-order valence-electron chi connectivity index (χ4n) is 2.90. The van der Waals surface area contributed by atoms with E-state index >= 15 is 0 Å². The first-order chi connectivity index (χ1) is 12.0. The molecule has 1 aliphatic rings. The first kappa shape index (κ1) is 17.8. The summed E-state index contributed by atoms with van der Waals surface area (Å²) in [6.07, 6.45) is 0. The standard InChI is InChI=1S/C18H17F3N2OS/c19-14-3-1-2-13(10-14)16-11-22-8-9-23(16)17(24)12-4-6-15(7-5-12)25-18(20)21/h1-7,10,16,18,22H,8-9,11H2. The molecule has 0 bridgehead atoms. The summed E-state index contributed by atoms with van der Waals surface area (Å²) in [6, 6.07) is 12.1. The lowest BCUT2D eigenvalue weighted by Gasteiger charge is -2.36. The van der Waals surface area contributed by atoms with Crippen LogP contribution in [0.4, 0.5) is 13.2 Å². The van der Waals surface area contributed by atoms with Gasteiger partial charge in [0.15, 0.2) is 0 Å². The van der Waals surface area contributed by atoms with E-state index in [1.54, 1.807) is 29.2 Å². The highest BCUT2D eigenvalue weighted by Gasteiger charge is 2.28. The second kappa shape index (κ2) is 7.93. The number of thioether (sulfide) groups is 1. The predicted molar refractivity (Wildman–Crippen MR) is 91.4 cm³/mol. The SMILES string of the molecule is O=C(c1ccc(SC(F)F)cc1)N1CCNCC1c1cccc(F)c1. The Morgan fingerprint density at radius 1 is 1.20 bits per heavy atom. The van der Waals surface area contributed by atoms with Gasteiger partial charge >= 0.3 is 0 Å². The molecule has 25 heavy (non-hydrogen) atoms. The van der Waals surface area contributed by atoms with Crippen LogP contribution in [0.1, 0.15) is 22.0 Å². The van der Waals surface area contributed by atoms with Crippen LogP contribution in [0.5, 0.6) is 0 Å². The Hall–Kier alpha value is -1.99. The van der Waals surface area contributed by atoms with Gasteiger partial charge in [-0.15, -0.1) is 0 Å². The maximum absolute atomic E-state index is 13.5. The maximum atomic E-state index is 13.5. The molecular weight excluding hydrogens is 349 g/mol. The normalized spacial score (nSPS) is 17.8. The van der Waals surface area contributed by atoms with Crippen molar-refractivity contribution in [3.05, 3.63) is 65.5 Å². The Morgan fingerprint density at radius 3 is 2.64 bits per heavy atom. The Morgan fingerprint density at radius 2 is 1.96 bits per heavy atom. The number of halogens is 3. The van der Waals surface area contributed by atoms with Gasteiger partial charge in [-0.05, 0) is 42.0 Å². The van der Waals surface area contributed by atoms with Gasteiger partial charge in [0.25, 0.3) is 11.7 Å². The molecule has 2 aromatic rings. The van der Waals surface area contributed by atoms with E-state index in [1.165, 1.54) is 24.3 Å². The van der Waals surface area contributed by atoms with Crippen molar-refractivity contribution in [2.24, 2.45) is 0 Å². The Kier molecular flexibility index (Phi) is 5.65. The number of carbonyl (C=O) groups excluding carboxylic acids is 1. The van der Waals surface area contributed by atoms with Crippen LogP contribution in [-0.2, 0) is 0 Å². The monoisotopic (exact) mass is 366 g/mol. The third kappa shape index (κ3) is 4.35. The lowest BCUT2D eigenvalue weighted by atomic mass is 10.0. The molecule has 1 amide bonds.